The molecule has 0 radical (unpaired) electrons. The molecule has 3 nitrogen and oxygen atoms in total. The summed E-state index contributed by atoms with van der Waals surface area (Å²) in [7, 11) is 0. The molecule has 0 fully saturated rings. The van der Waals surface area contributed by atoms with Gasteiger partial charge in [0, 0.05) is 26.7 Å². The van der Waals surface area contributed by atoms with Gasteiger partial charge in [-0.2, -0.15) is 5.10 Å². The van der Waals surface area contributed by atoms with E-state index in [4.69, 9.17) is 0 Å². The molecule has 2 aromatic rings. The van der Waals surface area contributed by atoms with Gasteiger partial charge < -0.3 is 5.32 Å². The molecule has 0 spiro atoms. The minimum Gasteiger partial charge on any atom is -0.379 e. The minimum atomic E-state index is 0.754. The summed E-state index contributed by atoms with van der Waals surface area (Å²) in [5, 5.41) is 10.3. The molecule has 0 unspecified atom stereocenters. The molecule has 5 heteroatoms. The molecule has 0 amide bonds. The standard InChI is InChI=1S/C11H11Br2N3/c1-7-8(6-15-16-7)5-14-11-9(12)3-2-4-10(11)13/h2-4,6,14H,5H2,1H3,(H,15,16). The number of aryl methyl sites for hydroxylation is 1. The highest BCUT2D eigenvalue weighted by Crippen LogP contribution is 2.30. The van der Waals surface area contributed by atoms with Crippen LogP contribution in [0.4, 0.5) is 5.69 Å². The van der Waals surface area contributed by atoms with E-state index in [9.17, 15) is 0 Å². The lowest BCUT2D eigenvalue weighted by Gasteiger charge is -2.09. The summed E-state index contributed by atoms with van der Waals surface area (Å²) in [4.78, 5) is 0. The van der Waals surface area contributed by atoms with Crippen molar-refractivity contribution in [3.05, 3.63) is 44.6 Å². The smallest absolute Gasteiger partial charge is 0.0631 e. The Hall–Kier alpha value is -0.810. The third-order valence-corrected chi connectivity index (χ3v) is 3.67. The van der Waals surface area contributed by atoms with Crippen molar-refractivity contribution in [2.45, 2.75) is 13.5 Å². The predicted octanol–water partition coefficient (Wildman–Crippen LogP) is 3.86. The van der Waals surface area contributed by atoms with Crippen molar-refractivity contribution in [1.82, 2.24) is 10.2 Å². The van der Waals surface area contributed by atoms with Crippen LogP contribution in [-0.4, -0.2) is 10.2 Å². The van der Waals surface area contributed by atoms with Crippen LogP contribution in [-0.2, 0) is 6.54 Å². The number of hydrogen-bond acceptors (Lipinski definition) is 2. The van der Waals surface area contributed by atoms with Gasteiger partial charge >= 0.3 is 0 Å². The highest BCUT2D eigenvalue weighted by molar-refractivity contribution is 9.11. The fourth-order valence-electron chi connectivity index (χ4n) is 1.40. The molecule has 16 heavy (non-hydrogen) atoms. The molecule has 84 valence electrons. The molecular weight excluding hydrogens is 334 g/mol. The largest absolute Gasteiger partial charge is 0.379 e. The van der Waals surface area contributed by atoms with Crippen LogP contribution in [0, 0.1) is 6.92 Å². The quantitative estimate of drug-likeness (QED) is 0.887. The van der Waals surface area contributed by atoms with Gasteiger partial charge in [-0.1, -0.05) is 6.07 Å². The Morgan fingerprint density at radius 3 is 2.56 bits per heavy atom. The Labute approximate surface area is 111 Å². The van der Waals surface area contributed by atoms with Crippen molar-refractivity contribution in [3.8, 4) is 0 Å². The van der Waals surface area contributed by atoms with Gasteiger partial charge in [-0.05, 0) is 50.9 Å². The van der Waals surface area contributed by atoms with Gasteiger partial charge in [0.1, 0.15) is 0 Å². The number of para-hydroxylation sites is 1. The molecule has 0 aliphatic heterocycles. The number of aromatic amines is 1. The van der Waals surface area contributed by atoms with Crippen LogP contribution < -0.4 is 5.32 Å². The van der Waals surface area contributed by atoms with Crippen LogP contribution in [0.3, 0.4) is 0 Å². The Balaban J connectivity index is 2.14. The van der Waals surface area contributed by atoms with E-state index >= 15 is 0 Å². The number of aromatic nitrogens is 2. The first kappa shape index (κ1) is 11.7. The highest BCUT2D eigenvalue weighted by Gasteiger charge is 2.05. The SMILES string of the molecule is Cc1[nH]ncc1CNc1c(Br)cccc1Br. The van der Waals surface area contributed by atoms with Gasteiger partial charge in [0.25, 0.3) is 0 Å². The topological polar surface area (TPSA) is 40.7 Å². The number of rotatable bonds is 3. The van der Waals surface area contributed by atoms with Crippen LogP contribution in [0.2, 0.25) is 0 Å². The van der Waals surface area contributed by atoms with E-state index in [0.717, 1.165) is 26.9 Å². The maximum atomic E-state index is 3.99. The first-order chi connectivity index (χ1) is 7.68. The third kappa shape index (κ3) is 2.47. The number of anilines is 1. The van der Waals surface area contributed by atoms with E-state index in [0.29, 0.717) is 0 Å². The molecule has 0 saturated heterocycles. The zero-order valence-corrected chi connectivity index (χ0v) is 11.9. The van der Waals surface area contributed by atoms with E-state index in [1.807, 2.05) is 31.3 Å². The zero-order valence-electron chi connectivity index (χ0n) is 8.72. The van der Waals surface area contributed by atoms with E-state index in [1.165, 1.54) is 5.56 Å². The molecule has 1 aromatic carbocycles. The Morgan fingerprint density at radius 1 is 1.31 bits per heavy atom. The van der Waals surface area contributed by atoms with E-state index < -0.39 is 0 Å². The molecule has 0 aliphatic rings. The Morgan fingerprint density at radius 2 is 2.00 bits per heavy atom. The van der Waals surface area contributed by atoms with Crippen molar-refractivity contribution in [2.24, 2.45) is 0 Å². The van der Waals surface area contributed by atoms with Gasteiger partial charge in [0.2, 0.25) is 0 Å². The van der Waals surface area contributed by atoms with Gasteiger partial charge in [-0.3, -0.25) is 5.10 Å². The number of hydrogen-bond donors (Lipinski definition) is 2. The third-order valence-electron chi connectivity index (χ3n) is 2.35. The van der Waals surface area contributed by atoms with Crippen LogP contribution in [0.1, 0.15) is 11.3 Å². The molecule has 1 heterocycles. The number of H-pyrrole nitrogens is 1. The monoisotopic (exact) mass is 343 g/mol. The predicted molar refractivity (Wildman–Crippen MR) is 72.5 cm³/mol. The molecule has 2 rings (SSSR count). The Bertz CT molecular complexity index is 473. The fourth-order valence-corrected chi connectivity index (χ4v) is 2.68. The normalized spacial score (nSPS) is 10.4. The minimum absolute atomic E-state index is 0.754. The first-order valence-electron chi connectivity index (χ1n) is 4.85. The summed E-state index contributed by atoms with van der Waals surface area (Å²) >= 11 is 7.03. The van der Waals surface area contributed by atoms with Crippen molar-refractivity contribution >= 4 is 37.5 Å². The van der Waals surface area contributed by atoms with Gasteiger partial charge in [-0.25, -0.2) is 0 Å². The summed E-state index contributed by atoms with van der Waals surface area (Å²) < 4.78 is 2.09. The van der Waals surface area contributed by atoms with Crippen LogP contribution in [0.25, 0.3) is 0 Å². The first-order valence-corrected chi connectivity index (χ1v) is 6.44. The lowest BCUT2D eigenvalue weighted by molar-refractivity contribution is 1.04. The second kappa shape index (κ2) is 5.01. The molecule has 2 N–H and O–H groups in total. The summed E-state index contributed by atoms with van der Waals surface area (Å²) in [5.74, 6) is 0. The summed E-state index contributed by atoms with van der Waals surface area (Å²) in [6.45, 7) is 2.77. The lowest BCUT2D eigenvalue weighted by Crippen LogP contribution is -2.01. The summed E-state index contributed by atoms with van der Waals surface area (Å²) in [6, 6.07) is 6.01. The van der Waals surface area contributed by atoms with Crippen molar-refractivity contribution in [3.63, 3.8) is 0 Å². The molecule has 0 bridgehead atoms. The molecular formula is C11H11Br2N3. The average molecular weight is 345 g/mol. The average Bonchev–Trinajstić information content (AvgIpc) is 2.64. The van der Waals surface area contributed by atoms with Crippen LogP contribution >= 0.6 is 31.9 Å². The summed E-state index contributed by atoms with van der Waals surface area (Å²) in [5.41, 5.74) is 3.32. The molecule has 1 aromatic heterocycles. The van der Waals surface area contributed by atoms with Crippen molar-refractivity contribution in [1.29, 1.82) is 0 Å². The van der Waals surface area contributed by atoms with E-state index in [-0.39, 0.29) is 0 Å². The number of nitrogens with zero attached hydrogens (tertiary/aromatic N) is 1. The number of halogens is 2. The molecule has 0 atom stereocenters. The van der Waals surface area contributed by atoms with Gasteiger partial charge in [-0.15, -0.1) is 0 Å². The van der Waals surface area contributed by atoms with Crippen LogP contribution in [0.5, 0.6) is 0 Å². The highest BCUT2D eigenvalue weighted by atomic mass is 79.9. The maximum Gasteiger partial charge on any atom is 0.0631 e. The zero-order chi connectivity index (χ0) is 11.5. The molecule has 0 aliphatic carbocycles. The summed E-state index contributed by atoms with van der Waals surface area (Å²) in [6.07, 6.45) is 1.84. The van der Waals surface area contributed by atoms with Gasteiger partial charge in [0.05, 0.1) is 11.9 Å². The van der Waals surface area contributed by atoms with Crippen molar-refractivity contribution in [2.75, 3.05) is 5.32 Å². The maximum absolute atomic E-state index is 3.99. The van der Waals surface area contributed by atoms with E-state index in [1.54, 1.807) is 0 Å². The fraction of sp³-hybridized carbons (Fsp3) is 0.182. The number of nitrogens with one attached hydrogen (secondary N) is 2. The Kier molecular flexibility index (Phi) is 3.66. The number of benzene rings is 1. The van der Waals surface area contributed by atoms with E-state index in [2.05, 4.69) is 47.4 Å². The van der Waals surface area contributed by atoms with Gasteiger partial charge in [0.15, 0.2) is 0 Å². The van der Waals surface area contributed by atoms with Crippen molar-refractivity contribution < 1.29 is 0 Å². The molecule has 0 saturated carbocycles. The second-order valence-corrected chi connectivity index (χ2v) is 5.18. The lowest BCUT2D eigenvalue weighted by atomic mass is 10.2. The van der Waals surface area contributed by atoms with Crippen LogP contribution in [0.15, 0.2) is 33.3 Å². The second-order valence-electron chi connectivity index (χ2n) is 3.47.